The Labute approximate surface area is 117 Å². The summed E-state index contributed by atoms with van der Waals surface area (Å²) in [5, 5.41) is 7.39. The minimum Gasteiger partial charge on any atom is -0.465 e. The van der Waals surface area contributed by atoms with Gasteiger partial charge in [-0.3, -0.25) is 4.68 Å². The molecule has 108 valence electrons. The molecule has 2 heterocycles. The number of furan rings is 1. The highest BCUT2D eigenvalue weighted by molar-refractivity contribution is 5.90. The van der Waals surface area contributed by atoms with Crippen molar-refractivity contribution in [1.82, 2.24) is 15.1 Å². The van der Waals surface area contributed by atoms with Crippen molar-refractivity contribution in [3.8, 4) is 0 Å². The molecular weight excluding hydrogens is 258 g/mol. The summed E-state index contributed by atoms with van der Waals surface area (Å²) in [7, 11) is 3.29. The Morgan fingerprint density at radius 2 is 2.35 bits per heavy atom. The van der Waals surface area contributed by atoms with Crippen molar-refractivity contribution in [1.29, 1.82) is 0 Å². The topological polar surface area (TPSA) is 69.3 Å². The largest absolute Gasteiger partial charge is 0.465 e. The van der Waals surface area contributed by atoms with Gasteiger partial charge in [0.1, 0.15) is 17.1 Å². The fourth-order valence-electron chi connectivity index (χ4n) is 2.02. The SMILES string of the molecule is COC(=O)c1cc(CNCCc2ccnn2C)oc1C. The Morgan fingerprint density at radius 3 is 3.00 bits per heavy atom. The molecule has 0 unspecified atom stereocenters. The molecular formula is C14H19N3O3. The highest BCUT2D eigenvalue weighted by Gasteiger charge is 2.14. The lowest BCUT2D eigenvalue weighted by molar-refractivity contribution is 0.0599. The van der Waals surface area contributed by atoms with Crippen molar-refractivity contribution in [2.45, 2.75) is 19.9 Å². The molecule has 0 aliphatic rings. The van der Waals surface area contributed by atoms with Gasteiger partial charge < -0.3 is 14.5 Å². The van der Waals surface area contributed by atoms with Gasteiger partial charge in [0.25, 0.3) is 0 Å². The van der Waals surface area contributed by atoms with E-state index in [-0.39, 0.29) is 5.97 Å². The molecule has 0 aromatic carbocycles. The van der Waals surface area contributed by atoms with Crippen molar-refractivity contribution in [3.05, 3.63) is 41.1 Å². The van der Waals surface area contributed by atoms with E-state index in [2.05, 4.69) is 15.2 Å². The molecule has 1 N–H and O–H groups in total. The second-order valence-corrected chi connectivity index (χ2v) is 4.55. The number of hydrogen-bond acceptors (Lipinski definition) is 5. The van der Waals surface area contributed by atoms with E-state index >= 15 is 0 Å². The van der Waals surface area contributed by atoms with Crippen LogP contribution in [0.15, 0.2) is 22.7 Å². The van der Waals surface area contributed by atoms with Gasteiger partial charge >= 0.3 is 5.97 Å². The number of carbonyl (C=O) groups is 1. The summed E-state index contributed by atoms with van der Waals surface area (Å²) in [4.78, 5) is 11.5. The van der Waals surface area contributed by atoms with Gasteiger partial charge in [-0.1, -0.05) is 0 Å². The Hall–Kier alpha value is -2.08. The number of nitrogens with one attached hydrogen (secondary N) is 1. The van der Waals surface area contributed by atoms with E-state index in [1.807, 2.05) is 17.8 Å². The molecule has 0 fully saturated rings. The second kappa shape index (κ2) is 6.38. The quantitative estimate of drug-likeness (QED) is 0.639. The molecule has 0 atom stereocenters. The Bertz CT molecular complexity index is 586. The first kappa shape index (κ1) is 14.3. The third kappa shape index (κ3) is 3.27. The van der Waals surface area contributed by atoms with Crippen LogP contribution in [0.2, 0.25) is 0 Å². The summed E-state index contributed by atoms with van der Waals surface area (Å²) in [5.41, 5.74) is 1.65. The third-order valence-corrected chi connectivity index (χ3v) is 3.15. The number of hydrogen-bond donors (Lipinski definition) is 1. The minimum absolute atomic E-state index is 0.368. The number of esters is 1. The van der Waals surface area contributed by atoms with Crippen LogP contribution in [0.5, 0.6) is 0 Å². The summed E-state index contributed by atoms with van der Waals surface area (Å²) in [6.45, 7) is 3.15. The molecule has 6 heteroatoms. The van der Waals surface area contributed by atoms with Crippen LogP contribution in [0.4, 0.5) is 0 Å². The fourth-order valence-corrected chi connectivity index (χ4v) is 2.02. The maximum Gasteiger partial charge on any atom is 0.341 e. The molecule has 0 amide bonds. The monoisotopic (exact) mass is 277 g/mol. The van der Waals surface area contributed by atoms with Crippen LogP contribution in [-0.2, 0) is 24.8 Å². The molecule has 0 aliphatic heterocycles. The van der Waals surface area contributed by atoms with Gasteiger partial charge in [-0.25, -0.2) is 4.79 Å². The van der Waals surface area contributed by atoms with Crippen molar-refractivity contribution < 1.29 is 13.9 Å². The lowest BCUT2D eigenvalue weighted by Gasteiger charge is -2.03. The summed E-state index contributed by atoms with van der Waals surface area (Å²) in [6.07, 6.45) is 2.67. The molecule has 2 aromatic heterocycles. The van der Waals surface area contributed by atoms with E-state index in [1.165, 1.54) is 12.8 Å². The van der Waals surface area contributed by atoms with E-state index in [1.54, 1.807) is 19.2 Å². The van der Waals surface area contributed by atoms with Gasteiger partial charge in [0.2, 0.25) is 0 Å². The normalized spacial score (nSPS) is 10.8. The Balaban J connectivity index is 1.83. The summed E-state index contributed by atoms with van der Waals surface area (Å²) in [5.74, 6) is 0.945. The summed E-state index contributed by atoms with van der Waals surface area (Å²) >= 11 is 0. The zero-order valence-corrected chi connectivity index (χ0v) is 12.0. The standard InChI is InChI=1S/C14H19N3O3/c1-10-13(14(18)19-3)8-12(20-10)9-15-6-4-11-5-7-16-17(11)2/h5,7-8,15H,4,6,9H2,1-3H3. The van der Waals surface area contributed by atoms with Gasteiger partial charge in [-0.15, -0.1) is 0 Å². The average Bonchev–Trinajstić information content (AvgIpc) is 3.00. The molecule has 20 heavy (non-hydrogen) atoms. The van der Waals surface area contributed by atoms with Gasteiger partial charge in [0.15, 0.2) is 0 Å². The maximum atomic E-state index is 11.5. The summed E-state index contributed by atoms with van der Waals surface area (Å²) in [6, 6.07) is 3.71. The number of carbonyl (C=O) groups excluding carboxylic acids is 1. The van der Waals surface area contributed by atoms with Gasteiger partial charge in [-0.05, 0) is 19.1 Å². The lowest BCUT2D eigenvalue weighted by atomic mass is 10.2. The molecule has 2 aromatic rings. The van der Waals surface area contributed by atoms with Crippen LogP contribution < -0.4 is 5.32 Å². The first-order valence-electron chi connectivity index (χ1n) is 6.47. The van der Waals surface area contributed by atoms with Crippen LogP contribution in [0.1, 0.15) is 27.6 Å². The number of methoxy groups -OCH3 is 1. The zero-order valence-electron chi connectivity index (χ0n) is 12.0. The fraction of sp³-hybridized carbons (Fsp3) is 0.429. The summed E-state index contributed by atoms with van der Waals surface area (Å²) < 4.78 is 12.1. The van der Waals surface area contributed by atoms with E-state index in [0.717, 1.165) is 18.7 Å². The number of aryl methyl sites for hydroxylation is 2. The van der Waals surface area contributed by atoms with Crippen LogP contribution in [-0.4, -0.2) is 29.4 Å². The molecule has 0 spiro atoms. The third-order valence-electron chi connectivity index (χ3n) is 3.15. The van der Waals surface area contributed by atoms with Crippen LogP contribution in [0, 0.1) is 6.92 Å². The van der Waals surface area contributed by atoms with Crippen LogP contribution in [0.3, 0.4) is 0 Å². The zero-order chi connectivity index (χ0) is 14.5. The molecule has 0 radical (unpaired) electrons. The molecule has 0 saturated carbocycles. The molecule has 0 bridgehead atoms. The number of aromatic nitrogens is 2. The number of nitrogens with zero attached hydrogens (tertiary/aromatic N) is 2. The Morgan fingerprint density at radius 1 is 1.55 bits per heavy atom. The molecule has 6 nitrogen and oxygen atoms in total. The smallest absolute Gasteiger partial charge is 0.341 e. The second-order valence-electron chi connectivity index (χ2n) is 4.55. The van der Waals surface area contributed by atoms with Crippen molar-refractivity contribution in [2.75, 3.05) is 13.7 Å². The number of ether oxygens (including phenoxy) is 1. The van der Waals surface area contributed by atoms with E-state index < -0.39 is 0 Å². The van der Waals surface area contributed by atoms with E-state index in [4.69, 9.17) is 4.42 Å². The van der Waals surface area contributed by atoms with Crippen LogP contribution >= 0.6 is 0 Å². The van der Waals surface area contributed by atoms with Crippen molar-refractivity contribution >= 4 is 5.97 Å². The highest BCUT2D eigenvalue weighted by atomic mass is 16.5. The van der Waals surface area contributed by atoms with Gasteiger partial charge in [-0.2, -0.15) is 5.10 Å². The van der Waals surface area contributed by atoms with Crippen molar-refractivity contribution in [3.63, 3.8) is 0 Å². The number of rotatable bonds is 6. The Kier molecular flexibility index (Phi) is 4.57. The average molecular weight is 277 g/mol. The van der Waals surface area contributed by atoms with Gasteiger partial charge in [0.05, 0.1) is 13.7 Å². The predicted octanol–water partition coefficient (Wildman–Crippen LogP) is 1.44. The predicted molar refractivity (Wildman–Crippen MR) is 73.4 cm³/mol. The highest BCUT2D eigenvalue weighted by Crippen LogP contribution is 2.15. The van der Waals surface area contributed by atoms with Gasteiger partial charge in [0, 0.05) is 31.9 Å². The van der Waals surface area contributed by atoms with Crippen LogP contribution in [0.25, 0.3) is 0 Å². The molecule has 0 saturated heterocycles. The lowest BCUT2D eigenvalue weighted by Crippen LogP contribution is -2.17. The van der Waals surface area contributed by atoms with Crippen molar-refractivity contribution in [2.24, 2.45) is 7.05 Å². The first-order chi connectivity index (χ1) is 9.61. The van der Waals surface area contributed by atoms with E-state index in [9.17, 15) is 4.79 Å². The maximum absolute atomic E-state index is 11.5. The first-order valence-corrected chi connectivity index (χ1v) is 6.47. The molecule has 0 aliphatic carbocycles. The minimum atomic E-state index is -0.368. The molecule has 2 rings (SSSR count). The van der Waals surface area contributed by atoms with E-state index in [0.29, 0.717) is 17.9 Å².